The average molecular weight is 299 g/mol. The summed E-state index contributed by atoms with van der Waals surface area (Å²) in [5.41, 5.74) is 4.76. The fourth-order valence-electron chi connectivity index (χ4n) is 2.37. The van der Waals surface area contributed by atoms with Gasteiger partial charge in [0.05, 0.1) is 6.10 Å². The molecule has 116 valence electrons. The number of unbranched alkanes of at least 4 members (excludes halogenated alkanes) is 1. The molecular weight excluding hydrogens is 278 g/mol. The van der Waals surface area contributed by atoms with E-state index in [0.29, 0.717) is 12.8 Å². The van der Waals surface area contributed by atoms with Crippen LogP contribution in [0.25, 0.3) is 11.1 Å². The van der Waals surface area contributed by atoms with E-state index < -0.39 is 6.10 Å². The lowest BCUT2D eigenvalue weighted by Gasteiger charge is -2.11. The van der Waals surface area contributed by atoms with Crippen LogP contribution in [0.5, 0.6) is 0 Å². The molecule has 1 amide bonds. The van der Waals surface area contributed by atoms with E-state index in [4.69, 9.17) is 5.21 Å². The second kappa shape index (κ2) is 8.32. The van der Waals surface area contributed by atoms with Crippen molar-refractivity contribution in [1.29, 1.82) is 0 Å². The van der Waals surface area contributed by atoms with Crippen molar-refractivity contribution >= 4 is 5.91 Å². The van der Waals surface area contributed by atoms with E-state index in [1.807, 2.05) is 42.5 Å². The number of aliphatic hydroxyl groups is 1. The van der Waals surface area contributed by atoms with Crippen molar-refractivity contribution in [2.24, 2.45) is 0 Å². The summed E-state index contributed by atoms with van der Waals surface area (Å²) in [6, 6.07) is 18.0. The van der Waals surface area contributed by atoms with Crippen LogP contribution in [-0.2, 0) is 4.79 Å². The number of hydrogen-bond donors (Lipinski definition) is 3. The largest absolute Gasteiger partial charge is 0.388 e. The Morgan fingerprint density at radius 3 is 2.23 bits per heavy atom. The first-order valence-corrected chi connectivity index (χ1v) is 7.47. The molecule has 2 aromatic rings. The summed E-state index contributed by atoms with van der Waals surface area (Å²) in [6.07, 6.45) is 1.72. The monoisotopic (exact) mass is 299 g/mol. The van der Waals surface area contributed by atoms with Crippen LogP contribution >= 0.6 is 0 Å². The Morgan fingerprint density at radius 1 is 0.955 bits per heavy atom. The highest BCUT2D eigenvalue weighted by molar-refractivity contribution is 5.74. The normalized spacial score (nSPS) is 11.9. The molecule has 0 bridgehead atoms. The Balaban J connectivity index is 1.86. The van der Waals surface area contributed by atoms with Crippen LogP contribution in [0.3, 0.4) is 0 Å². The Morgan fingerprint density at radius 2 is 1.59 bits per heavy atom. The molecule has 0 fully saturated rings. The predicted molar refractivity (Wildman–Crippen MR) is 85.2 cm³/mol. The quantitative estimate of drug-likeness (QED) is 0.416. The Labute approximate surface area is 130 Å². The number of hydroxylamine groups is 1. The smallest absolute Gasteiger partial charge is 0.243 e. The second-order valence-corrected chi connectivity index (χ2v) is 5.28. The van der Waals surface area contributed by atoms with Gasteiger partial charge in [-0.25, -0.2) is 5.48 Å². The molecule has 1 atom stereocenters. The van der Waals surface area contributed by atoms with Gasteiger partial charge in [0.15, 0.2) is 0 Å². The van der Waals surface area contributed by atoms with E-state index in [9.17, 15) is 9.90 Å². The van der Waals surface area contributed by atoms with Gasteiger partial charge in [-0.15, -0.1) is 0 Å². The first-order valence-electron chi connectivity index (χ1n) is 7.47. The van der Waals surface area contributed by atoms with Crippen LogP contribution in [0.15, 0.2) is 54.6 Å². The second-order valence-electron chi connectivity index (χ2n) is 5.28. The molecule has 22 heavy (non-hydrogen) atoms. The summed E-state index contributed by atoms with van der Waals surface area (Å²) in [7, 11) is 0. The van der Waals surface area contributed by atoms with Gasteiger partial charge in [0.25, 0.3) is 0 Å². The van der Waals surface area contributed by atoms with Crippen LogP contribution in [0.4, 0.5) is 0 Å². The molecular formula is C18H21NO3. The van der Waals surface area contributed by atoms with E-state index in [-0.39, 0.29) is 12.3 Å². The Kier molecular flexibility index (Phi) is 6.13. The summed E-state index contributed by atoms with van der Waals surface area (Å²) in [5.74, 6) is -0.387. The zero-order chi connectivity index (χ0) is 15.8. The highest BCUT2D eigenvalue weighted by Crippen LogP contribution is 2.24. The van der Waals surface area contributed by atoms with Gasteiger partial charge in [0.2, 0.25) is 5.91 Å². The molecule has 0 saturated carbocycles. The van der Waals surface area contributed by atoms with Crippen molar-refractivity contribution in [3.8, 4) is 11.1 Å². The van der Waals surface area contributed by atoms with E-state index in [1.54, 1.807) is 5.48 Å². The van der Waals surface area contributed by atoms with Gasteiger partial charge in [-0.2, -0.15) is 0 Å². The minimum Gasteiger partial charge on any atom is -0.388 e. The lowest BCUT2D eigenvalue weighted by atomic mass is 9.99. The van der Waals surface area contributed by atoms with Crippen molar-refractivity contribution in [3.63, 3.8) is 0 Å². The van der Waals surface area contributed by atoms with Gasteiger partial charge < -0.3 is 5.11 Å². The summed E-state index contributed by atoms with van der Waals surface area (Å²) < 4.78 is 0. The van der Waals surface area contributed by atoms with Crippen LogP contribution < -0.4 is 5.48 Å². The molecule has 0 spiro atoms. The third-order valence-corrected chi connectivity index (χ3v) is 3.66. The molecule has 0 heterocycles. The van der Waals surface area contributed by atoms with Crippen LogP contribution in [0, 0.1) is 0 Å². The van der Waals surface area contributed by atoms with E-state index in [1.165, 1.54) is 0 Å². The molecule has 3 N–H and O–H groups in total. The van der Waals surface area contributed by atoms with Crippen LogP contribution in [0.1, 0.15) is 37.4 Å². The molecule has 0 aliphatic heterocycles. The van der Waals surface area contributed by atoms with Gasteiger partial charge in [-0.3, -0.25) is 10.0 Å². The van der Waals surface area contributed by atoms with Crippen molar-refractivity contribution in [2.45, 2.75) is 31.8 Å². The zero-order valence-electron chi connectivity index (χ0n) is 12.4. The number of aliphatic hydroxyl groups excluding tert-OH is 1. The molecule has 4 heteroatoms. The molecule has 0 saturated heterocycles. The van der Waals surface area contributed by atoms with Gasteiger partial charge >= 0.3 is 0 Å². The first-order chi connectivity index (χ1) is 10.7. The maximum Gasteiger partial charge on any atom is 0.243 e. The van der Waals surface area contributed by atoms with Crippen LogP contribution in [0.2, 0.25) is 0 Å². The van der Waals surface area contributed by atoms with E-state index >= 15 is 0 Å². The molecule has 0 radical (unpaired) electrons. The molecule has 0 aromatic heterocycles. The molecule has 1 unspecified atom stereocenters. The fraction of sp³-hybridized carbons (Fsp3) is 0.278. The topological polar surface area (TPSA) is 69.6 Å². The van der Waals surface area contributed by atoms with Gasteiger partial charge in [0, 0.05) is 6.42 Å². The summed E-state index contributed by atoms with van der Waals surface area (Å²) >= 11 is 0. The predicted octanol–water partition coefficient (Wildman–Crippen LogP) is 3.45. The maximum atomic E-state index is 10.9. The highest BCUT2D eigenvalue weighted by atomic mass is 16.5. The molecule has 0 aliphatic rings. The Bertz CT molecular complexity index is 581. The van der Waals surface area contributed by atoms with Crippen molar-refractivity contribution in [3.05, 3.63) is 60.2 Å². The minimum atomic E-state index is -0.526. The molecule has 4 nitrogen and oxygen atoms in total. The van der Waals surface area contributed by atoms with Crippen LogP contribution in [-0.4, -0.2) is 16.2 Å². The number of benzene rings is 2. The zero-order valence-corrected chi connectivity index (χ0v) is 12.4. The Hall–Kier alpha value is -2.17. The number of carbonyl (C=O) groups is 1. The average Bonchev–Trinajstić information content (AvgIpc) is 2.59. The van der Waals surface area contributed by atoms with Gasteiger partial charge in [-0.1, -0.05) is 61.0 Å². The molecule has 2 rings (SSSR count). The fourth-order valence-corrected chi connectivity index (χ4v) is 2.37. The van der Waals surface area contributed by atoms with Crippen molar-refractivity contribution < 1.29 is 15.1 Å². The third-order valence-electron chi connectivity index (χ3n) is 3.66. The highest BCUT2D eigenvalue weighted by Gasteiger charge is 2.08. The first kappa shape index (κ1) is 16.2. The maximum absolute atomic E-state index is 10.9. The number of hydrogen-bond acceptors (Lipinski definition) is 3. The molecule has 2 aromatic carbocycles. The SMILES string of the molecule is O=C(CCCCC(O)c1ccc(-c2ccccc2)cc1)NO. The summed E-state index contributed by atoms with van der Waals surface area (Å²) in [6.45, 7) is 0. The third kappa shape index (κ3) is 4.69. The van der Waals surface area contributed by atoms with E-state index in [2.05, 4.69) is 12.1 Å². The minimum absolute atomic E-state index is 0.274. The number of carbonyl (C=O) groups excluding carboxylic acids is 1. The van der Waals surface area contributed by atoms with Crippen molar-refractivity contribution in [1.82, 2.24) is 5.48 Å². The lowest BCUT2D eigenvalue weighted by Crippen LogP contribution is -2.17. The number of rotatable bonds is 7. The number of amides is 1. The summed E-state index contributed by atoms with van der Waals surface area (Å²) in [5, 5.41) is 18.5. The lowest BCUT2D eigenvalue weighted by molar-refractivity contribution is -0.129. The van der Waals surface area contributed by atoms with Gasteiger partial charge in [-0.05, 0) is 29.5 Å². The number of nitrogens with one attached hydrogen (secondary N) is 1. The molecule has 0 aliphatic carbocycles. The van der Waals surface area contributed by atoms with E-state index in [0.717, 1.165) is 23.1 Å². The van der Waals surface area contributed by atoms with Crippen molar-refractivity contribution in [2.75, 3.05) is 0 Å². The summed E-state index contributed by atoms with van der Waals surface area (Å²) in [4.78, 5) is 10.9. The standard InChI is InChI=1S/C18H21NO3/c20-17(8-4-5-9-18(21)19-22)16-12-10-15(11-13-16)14-6-2-1-3-7-14/h1-3,6-7,10-13,17,20,22H,4-5,8-9H2,(H,19,21). The van der Waals surface area contributed by atoms with Gasteiger partial charge in [0.1, 0.15) is 0 Å².